The number of phenolic OH excluding ortho intramolecular Hbond substituents is 1. The topological polar surface area (TPSA) is 70.0 Å². The van der Waals surface area contributed by atoms with Gasteiger partial charge in [-0.25, -0.2) is 0 Å². The van der Waals surface area contributed by atoms with Crippen LogP contribution in [0.25, 0.3) is 0 Å². The molecule has 0 aromatic heterocycles. The largest absolute Gasteiger partial charge is 0.508 e. The quantitative estimate of drug-likeness (QED) is 0.825. The summed E-state index contributed by atoms with van der Waals surface area (Å²) in [6.07, 6.45) is -0.230. The zero-order valence-corrected chi connectivity index (χ0v) is 12.8. The Labute approximate surface area is 125 Å². The second-order valence-corrected chi connectivity index (χ2v) is 6.25. The standard InChI is InChI=1S/C16H23NO4/c1-11(19)12-4-5-15(20)13(6-12)7-17-8-14(9-18)21-16(2,3)10-17/h4-6,14,18,20H,7-10H2,1-3H3. The molecule has 21 heavy (non-hydrogen) atoms. The van der Waals surface area contributed by atoms with Gasteiger partial charge in [0.1, 0.15) is 5.75 Å². The van der Waals surface area contributed by atoms with E-state index in [-0.39, 0.29) is 29.8 Å². The molecule has 1 aliphatic rings. The highest BCUT2D eigenvalue weighted by molar-refractivity contribution is 5.94. The number of hydrogen-bond donors (Lipinski definition) is 2. The van der Waals surface area contributed by atoms with Gasteiger partial charge in [-0.2, -0.15) is 0 Å². The fourth-order valence-electron chi connectivity index (χ4n) is 2.80. The van der Waals surface area contributed by atoms with Gasteiger partial charge in [0.05, 0.1) is 18.3 Å². The Balaban J connectivity index is 2.17. The van der Waals surface area contributed by atoms with E-state index >= 15 is 0 Å². The molecule has 1 unspecified atom stereocenters. The molecule has 1 heterocycles. The van der Waals surface area contributed by atoms with Crippen LogP contribution in [0, 0.1) is 0 Å². The van der Waals surface area contributed by atoms with Crippen LogP contribution in [0.1, 0.15) is 36.7 Å². The maximum absolute atomic E-state index is 11.5. The number of aromatic hydroxyl groups is 1. The van der Waals surface area contributed by atoms with Crippen LogP contribution in [0.15, 0.2) is 18.2 Å². The molecule has 1 fully saturated rings. The summed E-state index contributed by atoms with van der Waals surface area (Å²) >= 11 is 0. The minimum Gasteiger partial charge on any atom is -0.508 e. The first-order valence-corrected chi connectivity index (χ1v) is 7.14. The first-order chi connectivity index (χ1) is 9.80. The Bertz CT molecular complexity index is 527. The predicted molar refractivity (Wildman–Crippen MR) is 79.4 cm³/mol. The number of aliphatic hydroxyl groups excluding tert-OH is 1. The molecule has 1 aromatic rings. The number of Topliss-reactive ketones (excluding diaryl/α,β-unsaturated/α-hetero) is 1. The summed E-state index contributed by atoms with van der Waals surface area (Å²) in [6, 6.07) is 4.91. The third kappa shape index (κ3) is 4.03. The van der Waals surface area contributed by atoms with Crippen LogP contribution in [0.3, 0.4) is 0 Å². The highest BCUT2D eigenvalue weighted by Crippen LogP contribution is 2.26. The average Bonchev–Trinajstić information content (AvgIpc) is 2.39. The molecule has 0 amide bonds. The van der Waals surface area contributed by atoms with Crippen LogP contribution in [-0.2, 0) is 11.3 Å². The van der Waals surface area contributed by atoms with Gasteiger partial charge < -0.3 is 14.9 Å². The average molecular weight is 293 g/mol. The first kappa shape index (κ1) is 15.9. The van der Waals surface area contributed by atoms with E-state index in [1.807, 2.05) is 13.8 Å². The van der Waals surface area contributed by atoms with Crippen molar-refractivity contribution in [1.82, 2.24) is 4.90 Å². The van der Waals surface area contributed by atoms with Crippen molar-refractivity contribution < 1.29 is 19.7 Å². The maximum Gasteiger partial charge on any atom is 0.159 e. The van der Waals surface area contributed by atoms with Crippen LogP contribution in [0.2, 0.25) is 0 Å². The van der Waals surface area contributed by atoms with E-state index in [9.17, 15) is 15.0 Å². The molecule has 5 nitrogen and oxygen atoms in total. The van der Waals surface area contributed by atoms with Crippen LogP contribution >= 0.6 is 0 Å². The van der Waals surface area contributed by atoms with Gasteiger partial charge in [0.2, 0.25) is 0 Å². The highest BCUT2D eigenvalue weighted by Gasteiger charge is 2.33. The Morgan fingerprint density at radius 3 is 2.81 bits per heavy atom. The number of benzene rings is 1. The summed E-state index contributed by atoms with van der Waals surface area (Å²) in [7, 11) is 0. The number of rotatable bonds is 4. The third-order valence-corrected chi connectivity index (χ3v) is 3.64. The molecule has 0 radical (unpaired) electrons. The van der Waals surface area contributed by atoms with Crippen molar-refractivity contribution in [3.63, 3.8) is 0 Å². The van der Waals surface area contributed by atoms with E-state index in [1.54, 1.807) is 18.2 Å². The Morgan fingerprint density at radius 1 is 1.48 bits per heavy atom. The summed E-state index contributed by atoms with van der Waals surface area (Å²) in [5.74, 6) is 0.164. The van der Waals surface area contributed by atoms with E-state index in [1.165, 1.54) is 6.92 Å². The molecule has 0 aliphatic carbocycles. The SMILES string of the molecule is CC(=O)c1ccc(O)c(CN2CC(CO)OC(C)(C)C2)c1. The molecule has 1 atom stereocenters. The van der Waals surface area contributed by atoms with Crippen LogP contribution < -0.4 is 0 Å². The number of ether oxygens (including phenoxy) is 1. The van der Waals surface area contributed by atoms with Gasteiger partial charge in [-0.15, -0.1) is 0 Å². The van der Waals surface area contributed by atoms with Crippen LogP contribution in [0.5, 0.6) is 5.75 Å². The van der Waals surface area contributed by atoms with E-state index in [0.717, 1.165) is 5.56 Å². The number of hydrogen-bond acceptors (Lipinski definition) is 5. The van der Waals surface area contributed by atoms with E-state index in [0.29, 0.717) is 25.2 Å². The van der Waals surface area contributed by atoms with Crippen molar-refractivity contribution in [3.05, 3.63) is 29.3 Å². The molecule has 1 saturated heterocycles. The highest BCUT2D eigenvalue weighted by atomic mass is 16.5. The van der Waals surface area contributed by atoms with Crippen molar-refractivity contribution in [1.29, 1.82) is 0 Å². The molecular formula is C16H23NO4. The lowest BCUT2D eigenvalue weighted by Crippen LogP contribution is -2.53. The molecule has 1 aliphatic heterocycles. The maximum atomic E-state index is 11.5. The second-order valence-electron chi connectivity index (χ2n) is 6.25. The van der Waals surface area contributed by atoms with E-state index in [2.05, 4.69) is 4.90 Å². The van der Waals surface area contributed by atoms with Crippen molar-refractivity contribution in [2.45, 2.75) is 39.0 Å². The molecule has 0 bridgehead atoms. The number of phenols is 1. The minimum absolute atomic E-state index is 0.0215. The zero-order valence-electron chi connectivity index (χ0n) is 12.8. The van der Waals surface area contributed by atoms with Gasteiger partial charge >= 0.3 is 0 Å². The van der Waals surface area contributed by atoms with Gasteiger partial charge in [0.25, 0.3) is 0 Å². The molecule has 0 saturated carbocycles. The fraction of sp³-hybridized carbons (Fsp3) is 0.562. The van der Waals surface area contributed by atoms with Gasteiger partial charge in [0.15, 0.2) is 5.78 Å². The molecule has 2 N–H and O–H groups in total. The summed E-state index contributed by atoms with van der Waals surface area (Å²) in [4.78, 5) is 13.6. The van der Waals surface area contributed by atoms with Crippen molar-refractivity contribution in [2.24, 2.45) is 0 Å². The summed E-state index contributed by atoms with van der Waals surface area (Å²) in [6.45, 7) is 7.27. The number of carbonyl (C=O) groups excluding carboxylic acids is 1. The van der Waals surface area contributed by atoms with Gasteiger partial charge in [-0.1, -0.05) is 0 Å². The third-order valence-electron chi connectivity index (χ3n) is 3.64. The van der Waals surface area contributed by atoms with Crippen LogP contribution in [0.4, 0.5) is 0 Å². The van der Waals surface area contributed by atoms with Gasteiger partial charge in [-0.05, 0) is 39.0 Å². The van der Waals surface area contributed by atoms with Crippen LogP contribution in [-0.4, -0.2) is 52.3 Å². The summed E-state index contributed by atoms with van der Waals surface area (Å²) in [5.41, 5.74) is 0.963. The Hall–Kier alpha value is -1.43. The van der Waals surface area contributed by atoms with Crippen molar-refractivity contribution in [2.75, 3.05) is 19.7 Å². The van der Waals surface area contributed by atoms with Crippen molar-refractivity contribution in [3.8, 4) is 5.75 Å². The smallest absolute Gasteiger partial charge is 0.159 e. The normalized spacial score (nSPS) is 22.2. The number of ketones is 1. The number of nitrogens with zero attached hydrogens (tertiary/aromatic N) is 1. The molecule has 2 rings (SSSR count). The number of carbonyl (C=O) groups is 1. The minimum atomic E-state index is -0.348. The lowest BCUT2D eigenvalue weighted by molar-refractivity contribution is -0.150. The first-order valence-electron chi connectivity index (χ1n) is 7.14. The van der Waals surface area contributed by atoms with Gasteiger partial charge in [-0.3, -0.25) is 9.69 Å². The summed E-state index contributed by atoms with van der Waals surface area (Å²) < 4.78 is 5.77. The van der Waals surface area contributed by atoms with Gasteiger partial charge in [0, 0.05) is 30.8 Å². The monoisotopic (exact) mass is 293 g/mol. The lowest BCUT2D eigenvalue weighted by atomic mass is 10.0. The molecule has 0 spiro atoms. The Kier molecular flexibility index (Phi) is 4.66. The predicted octanol–water partition coefficient (Wildman–Crippen LogP) is 1.57. The Morgan fingerprint density at radius 2 is 2.19 bits per heavy atom. The fourth-order valence-corrected chi connectivity index (χ4v) is 2.80. The number of morpholine rings is 1. The molecule has 5 heteroatoms. The number of aliphatic hydroxyl groups is 1. The van der Waals surface area contributed by atoms with E-state index < -0.39 is 0 Å². The molecular weight excluding hydrogens is 270 g/mol. The molecule has 1 aromatic carbocycles. The molecule has 116 valence electrons. The second kappa shape index (κ2) is 6.13. The van der Waals surface area contributed by atoms with Crippen molar-refractivity contribution >= 4 is 5.78 Å². The zero-order chi connectivity index (χ0) is 15.6. The lowest BCUT2D eigenvalue weighted by Gasteiger charge is -2.42. The van der Waals surface area contributed by atoms with E-state index in [4.69, 9.17) is 4.74 Å². The summed E-state index contributed by atoms with van der Waals surface area (Å²) in [5, 5.41) is 19.3.